The summed E-state index contributed by atoms with van der Waals surface area (Å²) in [5.74, 6) is 0.726. The van der Waals surface area contributed by atoms with Crippen LogP contribution in [0.2, 0.25) is 0 Å². The summed E-state index contributed by atoms with van der Waals surface area (Å²) < 4.78 is 5.32. The highest BCUT2D eigenvalue weighted by Gasteiger charge is 2.20. The van der Waals surface area contributed by atoms with Gasteiger partial charge in [0.25, 0.3) is 5.91 Å². The summed E-state index contributed by atoms with van der Waals surface area (Å²) in [6.07, 6.45) is 3.42. The van der Waals surface area contributed by atoms with Crippen LogP contribution >= 0.6 is 23.1 Å². The first kappa shape index (κ1) is 15.6. The summed E-state index contributed by atoms with van der Waals surface area (Å²) in [6.45, 7) is 3.60. The molecule has 7 nitrogen and oxygen atoms in total. The third-order valence-electron chi connectivity index (χ3n) is 2.97. The van der Waals surface area contributed by atoms with Crippen LogP contribution < -0.4 is 5.32 Å². The summed E-state index contributed by atoms with van der Waals surface area (Å²) in [7, 11) is 0. The maximum absolute atomic E-state index is 12.5. The number of amides is 1. The Morgan fingerprint density at radius 3 is 2.74 bits per heavy atom. The number of aromatic nitrogens is 4. The van der Waals surface area contributed by atoms with E-state index >= 15 is 0 Å². The van der Waals surface area contributed by atoms with Gasteiger partial charge in [-0.3, -0.25) is 10.1 Å². The molecule has 0 unspecified atom stereocenters. The molecule has 3 aromatic heterocycles. The molecule has 3 aromatic rings. The summed E-state index contributed by atoms with van der Waals surface area (Å²) in [5.41, 5.74) is 1.01. The number of hydrogen-bond acceptors (Lipinski definition) is 8. The van der Waals surface area contributed by atoms with E-state index in [1.165, 1.54) is 23.1 Å². The van der Waals surface area contributed by atoms with E-state index in [4.69, 9.17) is 4.42 Å². The van der Waals surface area contributed by atoms with Gasteiger partial charge in [-0.25, -0.2) is 9.97 Å². The molecular weight excluding hydrogens is 334 g/mol. The van der Waals surface area contributed by atoms with Gasteiger partial charge in [-0.1, -0.05) is 11.3 Å². The first-order valence-corrected chi connectivity index (χ1v) is 8.70. The molecule has 0 spiro atoms. The SMILES string of the molecule is CSc1nc(-c2ccco2)nc(C)c1C(=O)Nc1nnc(C)s1. The molecule has 0 atom stereocenters. The van der Waals surface area contributed by atoms with Crippen molar-refractivity contribution < 1.29 is 9.21 Å². The van der Waals surface area contributed by atoms with Crippen molar-refractivity contribution in [1.82, 2.24) is 20.2 Å². The average Bonchev–Trinajstić information content (AvgIpc) is 3.18. The molecule has 0 aliphatic heterocycles. The molecule has 1 amide bonds. The van der Waals surface area contributed by atoms with Crippen molar-refractivity contribution in [2.45, 2.75) is 18.9 Å². The maximum atomic E-state index is 12.5. The fraction of sp³-hybridized carbons (Fsp3) is 0.214. The molecule has 0 saturated carbocycles. The van der Waals surface area contributed by atoms with Crippen molar-refractivity contribution >= 4 is 34.1 Å². The summed E-state index contributed by atoms with van der Waals surface area (Å²) in [4.78, 5) is 21.3. The molecule has 1 N–H and O–H groups in total. The summed E-state index contributed by atoms with van der Waals surface area (Å²) in [6, 6.07) is 3.55. The van der Waals surface area contributed by atoms with E-state index in [1.54, 1.807) is 25.3 Å². The second-order valence-electron chi connectivity index (χ2n) is 4.57. The van der Waals surface area contributed by atoms with E-state index in [2.05, 4.69) is 25.5 Å². The van der Waals surface area contributed by atoms with Crippen molar-refractivity contribution in [3.8, 4) is 11.6 Å². The normalized spacial score (nSPS) is 10.7. The van der Waals surface area contributed by atoms with E-state index in [0.717, 1.165) is 5.01 Å². The molecule has 118 valence electrons. The number of rotatable bonds is 4. The highest BCUT2D eigenvalue weighted by Crippen LogP contribution is 2.26. The Bertz CT molecular complexity index is 845. The van der Waals surface area contributed by atoms with E-state index in [9.17, 15) is 4.79 Å². The van der Waals surface area contributed by atoms with Crippen LogP contribution in [0.4, 0.5) is 5.13 Å². The molecule has 0 bridgehead atoms. The molecule has 0 aliphatic rings. The van der Waals surface area contributed by atoms with Crippen LogP contribution in [0.3, 0.4) is 0 Å². The minimum Gasteiger partial charge on any atom is -0.461 e. The van der Waals surface area contributed by atoms with Gasteiger partial charge in [0.15, 0.2) is 11.6 Å². The van der Waals surface area contributed by atoms with Crippen LogP contribution in [-0.4, -0.2) is 32.3 Å². The second kappa shape index (κ2) is 6.47. The van der Waals surface area contributed by atoms with Gasteiger partial charge in [-0.15, -0.1) is 22.0 Å². The van der Waals surface area contributed by atoms with Crippen molar-refractivity contribution in [2.75, 3.05) is 11.6 Å². The predicted octanol–water partition coefficient (Wildman–Crippen LogP) is 3.18. The minimum atomic E-state index is -0.297. The molecular formula is C14H13N5O2S2. The third kappa shape index (κ3) is 3.25. The van der Waals surface area contributed by atoms with Gasteiger partial charge in [-0.2, -0.15) is 0 Å². The monoisotopic (exact) mass is 347 g/mol. The number of hydrogen-bond donors (Lipinski definition) is 1. The topological polar surface area (TPSA) is 93.8 Å². The standard InChI is InChI=1S/C14H13N5O2S2/c1-7-10(12(20)17-14-19-18-8(2)23-14)13(22-3)16-11(15-7)9-5-4-6-21-9/h4-6H,1-3H3,(H,17,19,20). The Morgan fingerprint density at radius 1 is 1.30 bits per heavy atom. The fourth-order valence-electron chi connectivity index (χ4n) is 1.98. The van der Waals surface area contributed by atoms with Crippen LogP contribution in [0.1, 0.15) is 21.1 Å². The molecule has 3 rings (SSSR count). The minimum absolute atomic E-state index is 0.297. The number of thioether (sulfide) groups is 1. The van der Waals surface area contributed by atoms with Crippen LogP contribution in [0.15, 0.2) is 27.8 Å². The molecule has 0 saturated heterocycles. The Morgan fingerprint density at radius 2 is 2.13 bits per heavy atom. The lowest BCUT2D eigenvalue weighted by Gasteiger charge is -2.10. The Balaban J connectivity index is 1.96. The van der Waals surface area contributed by atoms with E-state index < -0.39 is 0 Å². The van der Waals surface area contributed by atoms with Crippen LogP contribution in [0.5, 0.6) is 0 Å². The Labute approximate surface area is 140 Å². The maximum Gasteiger partial charge on any atom is 0.262 e. The highest BCUT2D eigenvalue weighted by molar-refractivity contribution is 7.98. The first-order chi connectivity index (χ1) is 11.1. The number of carbonyl (C=O) groups is 1. The lowest BCUT2D eigenvalue weighted by Crippen LogP contribution is -2.16. The van der Waals surface area contributed by atoms with Crippen molar-refractivity contribution in [3.05, 3.63) is 34.7 Å². The molecule has 23 heavy (non-hydrogen) atoms. The Hall–Kier alpha value is -2.26. The molecule has 3 heterocycles. The molecule has 0 aliphatic carbocycles. The van der Waals surface area contributed by atoms with Gasteiger partial charge >= 0.3 is 0 Å². The predicted molar refractivity (Wildman–Crippen MR) is 88.9 cm³/mol. The van der Waals surface area contributed by atoms with Crippen LogP contribution in [-0.2, 0) is 0 Å². The zero-order valence-corrected chi connectivity index (χ0v) is 14.3. The smallest absolute Gasteiger partial charge is 0.262 e. The number of furan rings is 1. The van der Waals surface area contributed by atoms with Crippen LogP contribution in [0.25, 0.3) is 11.6 Å². The van der Waals surface area contributed by atoms with E-state index in [1.807, 2.05) is 13.2 Å². The number of nitrogens with one attached hydrogen (secondary N) is 1. The summed E-state index contributed by atoms with van der Waals surface area (Å²) in [5, 5.41) is 12.3. The lowest BCUT2D eigenvalue weighted by atomic mass is 10.2. The van der Waals surface area contributed by atoms with Gasteiger partial charge in [0, 0.05) is 0 Å². The zero-order chi connectivity index (χ0) is 16.4. The van der Waals surface area contributed by atoms with E-state index in [0.29, 0.717) is 33.0 Å². The van der Waals surface area contributed by atoms with Crippen molar-refractivity contribution in [3.63, 3.8) is 0 Å². The largest absolute Gasteiger partial charge is 0.461 e. The molecule has 0 fully saturated rings. The zero-order valence-electron chi connectivity index (χ0n) is 12.7. The van der Waals surface area contributed by atoms with Crippen molar-refractivity contribution in [1.29, 1.82) is 0 Å². The fourth-order valence-corrected chi connectivity index (χ4v) is 3.19. The second-order valence-corrected chi connectivity index (χ2v) is 6.55. The number of aryl methyl sites for hydroxylation is 2. The number of carbonyl (C=O) groups excluding carboxylic acids is 1. The lowest BCUT2D eigenvalue weighted by molar-refractivity contribution is 0.102. The molecule has 0 aromatic carbocycles. The van der Waals surface area contributed by atoms with Gasteiger partial charge in [0.2, 0.25) is 5.13 Å². The third-order valence-corrected chi connectivity index (χ3v) is 4.40. The van der Waals surface area contributed by atoms with E-state index in [-0.39, 0.29) is 5.91 Å². The Kier molecular flexibility index (Phi) is 4.39. The van der Waals surface area contributed by atoms with Gasteiger partial charge in [0.1, 0.15) is 10.0 Å². The average molecular weight is 347 g/mol. The molecule has 0 radical (unpaired) electrons. The van der Waals surface area contributed by atoms with Crippen molar-refractivity contribution in [2.24, 2.45) is 0 Å². The van der Waals surface area contributed by atoms with Gasteiger partial charge in [0.05, 0.1) is 17.5 Å². The highest BCUT2D eigenvalue weighted by atomic mass is 32.2. The summed E-state index contributed by atoms with van der Waals surface area (Å²) >= 11 is 2.69. The molecule has 9 heteroatoms. The number of nitrogens with zero attached hydrogens (tertiary/aromatic N) is 4. The van der Waals surface area contributed by atoms with Crippen LogP contribution in [0, 0.1) is 13.8 Å². The number of anilines is 1. The quantitative estimate of drug-likeness (QED) is 0.572. The first-order valence-electron chi connectivity index (χ1n) is 6.66. The van der Waals surface area contributed by atoms with Gasteiger partial charge < -0.3 is 4.42 Å². The van der Waals surface area contributed by atoms with Gasteiger partial charge in [-0.05, 0) is 32.2 Å².